The summed E-state index contributed by atoms with van der Waals surface area (Å²) < 4.78 is 4.79. The number of Topliss-reactive ketones (excluding diaryl/α,β-unsaturated/α-hetero) is 1. The van der Waals surface area contributed by atoms with Crippen molar-refractivity contribution in [3.05, 3.63) is 0 Å². The second-order valence-corrected chi connectivity index (χ2v) is 3.02. The molecule has 0 saturated heterocycles. The zero-order valence-corrected chi connectivity index (χ0v) is 7.34. The largest absolute Gasteiger partial charge is 0.465 e. The van der Waals surface area contributed by atoms with Crippen molar-refractivity contribution in [1.29, 1.82) is 0 Å². The van der Waals surface area contributed by atoms with E-state index >= 15 is 0 Å². The number of ether oxygens (including phenoxy) is 1. The first-order valence-electron chi connectivity index (χ1n) is 4.45. The van der Waals surface area contributed by atoms with Gasteiger partial charge in [0.15, 0.2) is 0 Å². The Hall–Kier alpha value is -0.860. The van der Waals surface area contributed by atoms with E-state index in [0.29, 0.717) is 19.4 Å². The minimum atomic E-state index is -0.460. The third-order valence-electron chi connectivity index (χ3n) is 2.13. The Kier molecular flexibility index (Phi) is 3.26. The molecule has 1 saturated carbocycles. The van der Waals surface area contributed by atoms with Gasteiger partial charge in [0.25, 0.3) is 0 Å². The third kappa shape index (κ3) is 2.06. The molecule has 1 fully saturated rings. The predicted molar refractivity (Wildman–Crippen MR) is 43.6 cm³/mol. The van der Waals surface area contributed by atoms with Crippen molar-refractivity contribution in [2.45, 2.75) is 32.6 Å². The molecule has 1 rings (SSSR count). The van der Waals surface area contributed by atoms with Crippen LogP contribution < -0.4 is 0 Å². The quantitative estimate of drug-likeness (QED) is 0.463. The van der Waals surface area contributed by atoms with Crippen LogP contribution in [0.1, 0.15) is 32.6 Å². The number of rotatable bonds is 2. The van der Waals surface area contributed by atoms with E-state index in [1.165, 1.54) is 0 Å². The lowest BCUT2D eigenvalue weighted by atomic mass is 9.88. The lowest BCUT2D eigenvalue weighted by molar-refractivity contribution is -0.152. The van der Waals surface area contributed by atoms with Crippen LogP contribution in [0.2, 0.25) is 0 Å². The second-order valence-electron chi connectivity index (χ2n) is 3.02. The number of carbonyl (C=O) groups is 2. The molecule has 3 nitrogen and oxygen atoms in total. The van der Waals surface area contributed by atoms with Crippen molar-refractivity contribution in [2.75, 3.05) is 6.61 Å². The van der Waals surface area contributed by atoms with Gasteiger partial charge in [-0.15, -0.1) is 0 Å². The van der Waals surface area contributed by atoms with Gasteiger partial charge in [0.1, 0.15) is 11.7 Å². The van der Waals surface area contributed by atoms with Crippen LogP contribution in [-0.2, 0) is 14.3 Å². The van der Waals surface area contributed by atoms with E-state index < -0.39 is 5.92 Å². The SMILES string of the molecule is CCOC(=O)[C@@H]1CCCCC1=O. The molecule has 0 aromatic carbocycles. The number of esters is 1. The zero-order valence-electron chi connectivity index (χ0n) is 7.34. The second kappa shape index (κ2) is 4.24. The van der Waals surface area contributed by atoms with Crippen molar-refractivity contribution in [1.82, 2.24) is 0 Å². The molecule has 0 bridgehead atoms. The van der Waals surface area contributed by atoms with Crippen LogP contribution in [0.3, 0.4) is 0 Å². The van der Waals surface area contributed by atoms with Crippen LogP contribution >= 0.6 is 0 Å². The summed E-state index contributed by atoms with van der Waals surface area (Å²) in [5.41, 5.74) is 0. The fourth-order valence-electron chi connectivity index (χ4n) is 1.48. The summed E-state index contributed by atoms with van der Waals surface area (Å²) in [6.45, 7) is 2.12. The smallest absolute Gasteiger partial charge is 0.316 e. The van der Waals surface area contributed by atoms with E-state index in [0.717, 1.165) is 12.8 Å². The lowest BCUT2D eigenvalue weighted by Crippen LogP contribution is -2.28. The Labute approximate surface area is 72.1 Å². The minimum Gasteiger partial charge on any atom is -0.465 e. The average Bonchev–Trinajstić information content (AvgIpc) is 2.05. The molecular formula is C9H14O3. The fourth-order valence-corrected chi connectivity index (χ4v) is 1.48. The van der Waals surface area contributed by atoms with Gasteiger partial charge in [-0.1, -0.05) is 6.42 Å². The number of carbonyl (C=O) groups excluding carboxylic acids is 2. The maximum atomic E-state index is 11.2. The van der Waals surface area contributed by atoms with Crippen molar-refractivity contribution in [3.8, 4) is 0 Å². The van der Waals surface area contributed by atoms with Crippen LogP contribution in [0.15, 0.2) is 0 Å². The monoisotopic (exact) mass is 170 g/mol. The molecule has 1 aliphatic rings. The summed E-state index contributed by atoms with van der Waals surface area (Å²) in [6.07, 6.45) is 3.12. The van der Waals surface area contributed by atoms with Crippen LogP contribution in [0.4, 0.5) is 0 Å². The molecule has 0 aromatic rings. The van der Waals surface area contributed by atoms with Crippen LogP contribution in [0, 0.1) is 5.92 Å². The van der Waals surface area contributed by atoms with E-state index in [2.05, 4.69) is 0 Å². The van der Waals surface area contributed by atoms with Gasteiger partial charge < -0.3 is 4.74 Å². The molecule has 68 valence electrons. The Morgan fingerprint density at radius 2 is 2.33 bits per heavy atom. The highest BCUT2D eigenvalue weighted by atomic mass is 16.5. The molecule has 3 heteroatoms. The molecule has 1 atom stereocenters. The van der Waals surface area contributed by atoms with E-state index in [9.17, 15) is 9.59 Å². The van der Waals surface area contributed by atoms with Crippen LogP contribution in [0.5, 0.6) is 0 Å². The van der Waals surface area contributed by atoms with Crippen molar-refractivity contribution >= 4 is 11.8 Å². The van der Waals surface area contributed by atoms with Gasteiger partial charge in [0, 0.05) is 6.42 Å². The highest BCUT2D eigenvalue weighted by Crippen LogP contribution is 2.21. The van der Waals surface area contributed by atoms with E-state index in [4.69, 9.17) is 4.74 Å². The molecule has 1 aliphatic carbocycles. The molecular weight excluding hydrogens is 156 g/mol. The molecule has 0 aromatic heterocycles. The Morgan fingerprint density at radius 1 is 1.58 bits per heavy atom. The maximum Gasteiger partial charge on any atom is 0.316 e. The van der Waals surface area contributed by atoms with Gasteiger partial charge in [0.05, 0.1) is 6.61 Å². The van der Waals surface area contributed by atoms with Gasteiger partial charge in [0.2, 0.25) is 0 Å². The standard InChI is InChI=1S/C9H14O3/c1-2-12-9(11)7-5-3-4-6-8(7)10/h7H,2-6H2,1H3/t7-/m1/s1. The summed E-state index contributed by atoms with van der Waals surface area (Å²) in [6, 6.07) is 0. The normalized spacial score (nSPS) is 23.8. The Balaban J connectivity index is 2.48. The average molecular weight is 170 g/mol. The van der Waals surface area contributed by atoms with Gasteiger partial charge in [-0.25, -0.2) is 0 Å². The van der Waals surface area contributed by atoms with Gasteiger partial charge in [-0.05, 0) is 19.8 Å². The van der Waals surface area contributed by atoms with E-state index in [1.54, 1.807) is 6.92 Å². The number of hydrogen-bond donors (Lipinski definition) is 0. The summed E-state index contributed by atoms with van der Waals surface area (Å²) in [7, 11) is 0. The first-order valence-corrected chi connectivity index (χ1v) is 4.45. The molecule has 12 heavy (non-hydrogen) atoms. The molecule has 0 N–H and O–H groups in total. The van der Waals surface area contributed by atoms with Gasteiger partial charge in [-0.2, -0.15) is 0 Å². The minimum absolute atomic E-state index is 0.0553. The fraction of sp³-hybridized carbons (Fsp3) is 0.778. The summed E-state index contributed by atoms with van der Waals surface area (Å²) in [5.74, 6) is -0.736. The molecule has 0 amide bonds. The van der Waals surface area contributed by atoms with Crippen molar-refractivity contribution in [3.63, 3.8) is 0 Å². The summed E-state index contributed by atoms with van der Waals surface area (Å²) in [5, 5.41) is 0. The molecule has 0 radical (unpaired) electrons. The predicted octanol–water partition coefficient (Wildman–Crippen LogP) is 1.31. The van der Waals surface area contributed by atoms with Crippen molar-refractivity contribution < 1.29 is 14.3 Å². The van der Waals surface area contributed by atoms with Gasteiger partial charge >= 0.3 is 5.97 Å². The van der Waals surface area contributed by atoms with Crippen LogP contribution in [0.25, 0.3) is 0 Å². The number of hydrogen-bond acceptors (Lipinski definition) is 3. The third-order valence-corrected chi connectivity index (χ3v) is 2.13. The lowest BCUT2D eigenvalue weighted by Gasteiger charge is -2.18. The Morgan fingerprint density at radius 3 is 2.92 bits per heavy atom. The Bertz CT molecular complexity index is 186. The van der Waals surface area contributed by atoms with E-state index in [1.807, 2.05) is 0 Å². The molecule has 0 aliphatic heterocycles. The molecule has 0 spiro atoms. The highest BCUT2D eigenvalue weighted by molar-refractivity contribution is 5.99. The topological polar surface area (TPSA) is 43.4 Å². The summed E-state index contributed by atoms with van der Waals surface area (Å²) >= 11 is 0. The first kappa shape index (κ1) is 9.23. The zero-order chi connectivity index (χ0) is 8.97. The van der Waals surface area contributed by atoms with E-state index in [-0.39, 0.29) is 11.8 Å². The van der Waals surface area contributed by atoms with Crippen LogP contribution in [-0.4, -0.2) is 18.4 Å². The molecule has 0 unspecified atom stereocenters. The van der Waals surface area contributed by atoms with Gasteiger partial charge in [-0.3, -0.25) is 9.59 Å². The first-order chi connectivity index (χ1) is 5.75. The number of ketones is 1. The highest BCUT2D eigenvalue weighted by Gasteiger charge is 2.29. The maximum absolute atomic E-state index is 11.2. The summed E-state index contributed by atoms with van der Waals surface area (Å²) in [4.78, 5) is 22.4. The molecule has 0 heterocycles. The van der Waals surface area contributed by atoms with Crippen molar-refractivity contribution in [2.24, 2.45) is 5.92 Å².